The third-order valence-electron chi connectivity index (χ3n) is 3.70. The molecule has 1 heterocycles. The molecule has 0 spiro atoms. The Kier molecular flexibility index (Phi) is 2.06. The van der Waals surface area contributed by atoms with Gasteiger partial charge in [0, 0.05) is 0 Å². The van der Waals surface area contributed by atoms with Crippen LogP contribution in [0.2, 0.25) is 0 Å². The van der Waals surface area contributed by atoms with Gasteiger partial charge in [-0.25, -0.2) is 4.99 Å². The first kappa shape index (κ1) is 10.4. The van der Waals surface area contributed by atoms with E-state index in [0.29, 0.717) is 0 Å². The first-order chi connectivity index (χ1) is 9.34. The van der Waals surface area contributed by atoms with Gasteiger partial charge in [-0.1, -0.05) is 48.5 Å². The number of fused-ring (bicyclic) bond motifs is 6. The molecule has 2 unspecified atom stereocenters. The lowest BCUT2D eigenvalue weighted by Gasteiger charge is -2.31. The van der Waals surface area contributed by atoms with Gasteiger partial charge in [-0.05, 0) is 22.3 Å². The maximum Gasteiger partial charge on any atom is 0.235 e. The van der Waals surface area contributed by atoms with Gasteiger partial charge in [-0.3, -0.25) is 0 Å². The van der Waals surface area contributed by atoms with Crippen molar-refractivity contribution in [3.63, 3.8) is 0 Å². The van der Waals surface area contributed by atoms with Gasteiger partial charge in [0.05, 0.1) is 0 Å². The Morgan fingerprint density at radius 1 is 0.789 bits per heavy atom. The fraction of sp³-hybridized carbons (Fsp3) is 0.133. The Bertz CT molecular complexity index is 718. The van der Waals surface area contributed by atoms with Crippen LogP contribution in [0.1, 0.15) is 23.2 Å². The largest absolute Gasteiger partial charge is 0.367 e. The smallest absolute Gasteiger partial charge is 0.235 e. The molecule has 4 nitrogen and oxygen atoms in total. The number of benzene rings is 2. The zero-order valence-electron chi connectivity index (χ0n) is 10.2. The highest BCUT2D eigenvalue weighted by Crippen LogP contribution is 2.48. The maximum absolute atomic E-state index is 5.71. The number of nitrogens with two attached hydrogens (primary N) is 1. The SMILES string of the molecule is NC1=NC2c3ccccc3-c3ccccc3C2N=N1. The highest BCUT2D eigenvalue weighted by molar-refractivity contribution is 5.81. The van der Waals surface area contributed by atoms with Crippen LogP contribution in [0.15, 0.2) is 63.8 Å². The van der Waals surface area contributed by atoms with Gasteiger partial charge in [-0.15, -0.1) is 5.11 Å². The third-order valence-corrected chi connectivity index (χ3v) is 3.70. The summed E-state index contributed by atoms with van der Waals surface area (Å²) in [6.07, 6.45) is 0. The number of hydrogen-bond acceptors (Lipinski definition) is 4. The summed E-state index contributed by atoms with van der Waals surface area (Å²) in [7, 11) is 0. The van der Waals surface area contributed by atoms with Gasteiger partial charge >= 0.3 is 0 Å². The molecule has 2 N–H and O–H groups in total. The second-order valence-corrected chi connectivity index (χ2v) is 4.77. The quantitative estimate of drug-likeness (QED) is 0.764. The number of azo groups is 1. The van der Waals surface area contributed by atoms with Crippen LogP contribution in [0.3, 0.4) is 0 Å². The predicted molar refractivity (Wildman–Crippen MR) is 73.8 cm³/mol. The van der Waals surface area contributed by atoms with E-state index in [1.807, 2.05) is 24.3 Å². The summed E-state index contributed by atoms with van der Waals surface area (Å²) >= 11 is 0. The van der Waals surface area contributed by atoms with Gasteiger partial charge in [0.15, 0.2) is 0 Å². The van der Waals surface area contributed by atoms with Crippen LogP contribution in [-0.4, -0.2) is 5.96 Å². The molecule has 19 heavy (non-hydrogen) atoms. The van der Waals surface area contributed by atoms with E-state index in [4.69, 9.17) is 5.73 Å². The topological polar surface area (TPSA) is 63.1 Å². The van der Waals surface area contributed by atoms with Crippen LogP contribution in [0.4, 0.5) is 0 Å². The Morgan fingerprint density at radius 3 is 2.05 bits per heavy atom. The maximum atomic E-state index is 5.71. The molecule has 1 aliphatic heterocycles. The van der Waals surface area contributed by atoms with Crippen LogP contribution in [0.25, 0.3) is 11.1 Å². The molecule has 0 aromatic heterocycles. The van der Waals surface area contributed by atoms with E-state index < -0.39 is 0 Å². The van der Waals surface area contributed by atoms with E-state index in [1.54, 1.807) is 0 Å². The fourth-order valence-electron chi connectivity index (χ4n) is 2.90. The molecule has 92 valence electrons. The highest BCUT2D eigenvalue weighted by Gasteiger charge is 2.35. The lowest BCUT2D eigenvalue weighted by Crippen LogP contribution is -2.22. The summed E-state index contributed by atoms with van der Waals surface area (Å²) in [6, 6.07) is 16.5. The van der Waals surface area contributed by atoms with Gasteiger partial charge in [0.1, 0.15) is 12.1 Å². The van der Waals surface area contributed by atoms with Crippen LogP contribution in [-0.2, 0) is 0 Å². The van der Waals surface area contributed by atoms with Crippen molar-refractivity contribution in [2.45, 2.75) is 12.1 Å². The highest BCUT2D eigenvalue weighted by atomic mass is 15.3. The molecule has 4 rings (SSSR count). The van der Waals surface area contributed by atoms with Crippen molar-refractivity contribution in [1.82, 2.24) is 0 Å². The van der Waals surface area contributed by atoms with Crippen LogP contribution < -0.4 is 5.73 Å². The normalized spacial score (nSPS) is 23.1. The minimum atomic E-state index is -0.0570. The predicted octanol–water partition coefficient (Wildman–Crippen LogP) is 3.23. The number of rotatable bonds is 0. The number of aliphatic imine (C=N–C) groups is 1. The number of guanidine groups is 1. The molecule has 2 aromatic rings. The van der Waals surface area contributed by atoms with Crippen molar-refractivity contribution in [2.24, 2.45) is 21.0 Å². The van der Waals surface area contributed by atoms with E-state index in [1.165, 1.54) is 22.3 Å². The number of nitrogens with zero attached hydrogens (tertiary/aromatic N) is 3. The van der Waals surface area contributed by atoms with E-state index in [2.05, 4.69) is 39.5 Å². The molecule has 2 aromatic carbocycles. The van der Waals surface area contributed by atoms with E-state index in [9.17, 15) is 0 Å². The molecule has 0 saturated heterocycles. The lowest BCUT2D eigenvalue weighted by molar-refractivity contribution is 0.534. The molecular weight excluding hydrogens is 236 g/mol. The van der Waals surface area contributed by atoms with Gasteiger partial charge in [0.25, 0.3) is 0 Å². The minimum absolute atomic E-state index is 0.0522. The molecule has 0 fully saturated rings. The van der Waals surface area contributed by atoms with Crippen LogP contribution in [0.5, 0.6) is 0 Å². The third kappa shape index (κ3) is 1.43. The van der Waals surface area contributed by atoms with Gasteiger partial charge < -0.3 is 5.73 Å². The summed E-state index contributed by atoms with van der Waals surface area (Å²) in [5.41, 5.74) is 10.5. The summed E-state index contributed by atoms with van der Waals surface area (Å²) in [5.74, 6) is 0.260. The van der Waals surface area contributed by atoms with Crippen molar-refractivity contribution in [1.29, 1.82) is 0 Å². The van der Waals surface area contributed by atoms with Gasteiger partial charge in [0.2, 0.25) is 5.96 Å². The fourth-order valence-corrected chi connectivity index (χ4v) is 2.90. The molecule has 4 heteroatoms. The summed E-state index contributed by atoms with van der Waals surface area (Å²) < 4.78 is 0. The molecule has 2 atom stereocenters. The van der Waals surface area contributed by atoms with Crippen molar-refractivity contribution >= 4 is 5.96 Å². The van der Waals surface area contributed by atoms with Crippen molar-refractivity contribution < 1.29 is 0 Å². The molecule has 1 aliphatic carbocycles. The minimum Gasteiger partial charge on any atom is -0.367 e. The van der Waals surface area contributed by atoms with Crippen molar-refractivity contribution in [2.75, 3.05) is 0 Å². The zero-order valence-corrected chi connectivity index (χ0v) is 10.2. The van der Waals surface area contributed by atoms with E-state index in [-0.39, 0.29) is 18.0 Å². The Hall–Kier alpha value is -2.49. The van der Waals surface area contributed by atoms with E-state index in [0.717, 1.165) is 0 Å². The molecule has 0 saturated carbocycles. The first-order valence-corrected chi connectivity index (χ1v) is 6.27. The second kappa shape index (κ2) is 3.75. The monoisotopic (exact) mass is 248 g/mol. The van der Waals surface area contributed by atoms with Crippen LogP contribution in [0, 0.1) is 0 Å². The Balaban J connectivity index is 2.03. The van der Waals surface area contributed by atoms with Crippen molar-refractivity contribution in [3.05, 3.63) is 59.7 Å². The standard InChI is InChI=1S/C15H12N4/c16-15-17-13-11-7-3-1-5-9(11)10-6-2-4-8-12(10)14(13)18-19-15/h1-8,13-14H,(H2,16,17). The Morgan fingerprint density at radius 2 is 1.37 bits per heavy atom. The average Bonchev–Trinajstić information content (AvgIpc) is 2.47. The number of hydrogen-bond donors (Lipinski definition) is 1. The van der Waals surface area contributed by atoms with Gasteiger partial charge in [-0.2, -0.15) is 5.11 Å². The first-order valence-electron chi connectivity index (χ1n) is 6.27. The summed E-state index contributed by atoms with van der Waals surface area (Å²) in [4.78, 5) is 4.48. The van der Waals surface area contributed by atoms with Crippen LogP contribution >= 0.6 is 0 Å². The average molecular weight is 248 g/mol. The Labute approximate surface area is 110 Å². The lowest BCUT2D eigenvalue weighted by atomic mass is 9.79. The molecule has 0 bridgehead atoms. The molecule has 2 aliphatic rings. The zero-order chi connectivity index (χ0) is 12.8. The second-order valence-electron chi connectivity index (χ2n) is 4.77. The molecule has 0 radical (unpaired) electrons. The molecule has 0 amide bonds. The van der Waals surface area contributed by atoms with E-state index >= 15 is 0 Å². The summed E-state index contributed by atoms with van der Waals surface area (Å²) in [6.45, 7) is 0. The van der Waals surface area contributed by atoms with Crippen molar-refractivity contribution in [3.8, 4) is 11.1 Å². The molecular formula is C15H12N4. The summed E-state index contributed by atoms with van der Waals surface area (Å²) in [5, 5.41) is 8.28.